The van der Waals surface area contributed by atoms with Crippen molar-refractivity contribution in [3.05, 3.63) is 63.2 Å². The fourth-order valence-electron chi connectivity index (χ4n) is 2.24. The van der Waals surface area contributed by atoms with Gasteiger partial charge in [-0.1, -0.05) is 11.6 Å². The van der Waals surface area contributed by atoms with Crippen molar-refractivity contribution < 1.29 is 14.4 Å². The highest BCUT2D eigenvalue weighted by molar-refractivity contribution is 6.31. The molecular formula is C15H10ClFN4O3. The minimum Gasteiger partial charge on any atom is -0.391 e. The number of anilines is 2. The second-order valence-electron chi connectivity index (χ2n) is 4.89. The highest BCUT2D eigenvalue weighted by atomic mass is 35.5. The number of fused-ring (bicyclic) bond motifs is 1. The molecule has 0 atom stereocenters. The first-order valence-electron chi connectivity index (χ1n) is 6.74. The number of hydrogen-bond acceptors (Lipinski definition) is 6. The molecule has 0 saturated heterocycles. The summed E-state index contributed by atoms with van der Waals surface area (Å²) >= 11 is 5.74. The molecule has 0 aliphatic rings. The third-order valence-corrected chi connectivity index (χ3v) is 3.67. The Morgan fingerprint density at radius 1 is 1.29 bits per heavy atom. The van der Waals surface area contributed by atoms with Gasteiger partial charge in [-0.3, -0.25) is 10.1 Å². The summed E-state index contributed by atoms with van der Waals surface area (Å²) in [5.41, 5.74) is 0.813. The molecule has 0 radical (unpaired) electrons. The molecule has 24 heavy (non-hydrogen) atoms. The van der Waals surface area contributed by atoms with Crippen LogP contribution < -0.4 is 5.32 Å². The van der Waals surface area contributed by atoms with E-state index in [1.165, 1.54) is 36.7 Å². The van der Waals surface area contributed by atoms with Crippen LogP contribution in [0.15, 0.2) is 36.7 Å². The molecule has 3 rings (SSSR count). The zero-order valence-corrected chi connectivity index (χ0v) is 12.8. The summed E-state index contributed by atoms with van der Waals surface area (Å²) in [5.74, 6) is -0.256. The molecule has 0 unspecified atom stereocenters. The SMILES string of the molecule is O=[N+]([O-])c1cc2c(Nc3ccc(F)c(Cl)c3)ncnc2cc1CO. The highest BCUT2D eigenvalue weighted by Gasteiger charge is 2.17. The van der Waals surface area contributed by atoms with Crippen molar-refractivity contribution in [3.63, 3.8) is 0 Å². The van der Waals surface area contributed by atoms with Crippen molar-refractivity contribution in [2.24, 2.45) is 0 Å². The van der Waals surface area contributed by atoms with E-state index in [9.17, 15) is 19.6 Å². The van der Waals surface area contributed by atoms with Crippen LogP contribution in [0.25, 0.3) is 10.9 Å². The van der Waals surface area contributed by atoms with Gasteiger partial charge in [0.2, 0.25) is 0 Å². The zero-order valence-electron chi connectivity index (χ0n) is 12.0. The first kappa shape index (κ1) is 16.0. The minimum atomic E-state index is -0.587. The molecule has 1 aromatic heterocycles. The molecule has 3 aromatic rings. The Bertz CT molecular complexity index is 951. The number of aliphatic hydroxyl groups is 1. The molecule has 0 aliphatic carbocycles. The van der Waals surface area contributed by atoms with Gasteiger partial charge in [-0.05, 0) is 24.3 Å². The van der Waals surface area contributed by atoms with E-state index in [4.69, 9.17) is 11.6 Å². The van der Waals surface area contributed by atoms with E-state index >= 15 is 0 Å². The molecule has 0 aliphatic heterocycles. The van der Waals surface area contributed by atoms with E-state index in [1.54, 1.807) is 0 Å². The Morgan fingerprint density at radius 2 is 2.08 bits per heavy atom. The number of nitro benzene ring substituents is 1. The Balaban J connectivity index is 2.12. The monoisotopic (exact) mass is 348 g/mol. The number of hydrogen-bond donors (Lipinski definition) is 2. The average Bonchev–Trinajstić information content (AvgIpc) is 2.57. The fraction of sp³-hybridized carbons (Fsp3) is 0.0667. The lowest BCUT2D eigenvalue weighted by atomic mass is 10.1. The van der Waals surface area contributed by atoms with Gasteiger partial charge in [-0.25, -0.2) is 14.4 Å². The van der Waals surface area contributed by atoms with Crippen LogP contribution in [0.2, 0.25) is 5.02 Å². The van der Waals surface area contributed by atoms with Crippen LogP contribution in [0.4, 0.5) is 21.6 Å². The third kappa shape index (κ3) is 2.97. The maximum atomic E-state index is 13.2. The summed E-state index contributed by atoms with van der Waals surface area (Å²) in [6.45, 7) is -0.480. The molecule has 0 spiro atoms. The summed E-state index contributed by atoms with van der Waals surface area (Å²) in [6, 6.07) is 6.75. The van der Waals surface area contributed by atoms with Gasteiger partial charge in [0.25, 0.3) is 5.69 Å². The number of benzene rings is 2. The van der Waals surface area contributed by atoms with Gasteiger partial charge < -0.3 is 10.4 Å². The zero-order chi connectivity index (χ0) is 17.3. The normalized spacial score (nSPS) is 10.8. The van der Waals surface area contributed by atoms with Gasteiger partial charge in [0.15, 0.2) is 0 Å². The summed E-state index contributed by atoms with van der Waals surface area (Å²) in [5, 5.41) is 23.7. The third-order valence-electron chi connectivity index (χ3n) is 3.39. The lowest BCUT2D eigenvalue weighted by Gasteiger charge is -2.10. The smallest absolute Gasteiger partial charge is 0.275 e. The summed E-state index contributed by atoms with van der Waals surface area (Å²) < 4.78 is 13.2. The van der Waals surface area contributed by atoms with Crippen LogP contribution in [0.5, 0.6) is 0 Å². The first-order chi connectivity index (χ1) is 11.5. The van der Waals surface area contributed by atoms with E-state index in [2.05, 4.69) is 15.3 Å². The molecular weight excluding hydrogens is 339 g/mol. The molecule has 0 fully saturated rings. The Kier molecular flexibility index (Phi) is 4.24. The molecule has 0 saturated carbocycles. The average molecular weight is 349 g/mol. The number of nitrogens with zero attached hydrogens (tertiary/aromatic N) is 3. The molecule has 0 bridgehead atoms. The number of halogens is 2. The quantitative estimate of drug-likeness (QED) is 0.552. The first-order valence-corrected chi connectivity index (χ1v) is 7.12. The van der Waals surface area contributed by atoms with Crippen LogP contribution in [0.3, 0.4) is 0 Å². The van der Waals surface area contributed by atoms with Crippen molar-refractivity contribution in [2.45, 2.75) is 6.61 Å². The van der Waals surface area contributed by atoms with Crippen molar-refractivity contribution in [3.8, 4) is 0 Å². The van der Waals surface area contributed by atoms with E-state index in [0.29, 0.717) is 22.4 Å². The lowest BCUT2D eigenvalue weighted by Crippen LogP contribution is -2.00. The van der Waals surface area contributed by atoms with Gasteiger partial charge in [0.05, 0.1) is 27.6 Å². The molecule has 0 amide bonds. The van der Waals surface area contributed by atoms with Gasteiger partial charge in [0.1, 0.15) is 18.0 Å². The molecule has 2 aromatic carbocycles. The summed E-state index contributed by atoms with van der Waals surface area (Å²) in [7, 11) is 0. The van der Waals surface area contributed by atoms with Crippen LogP contribution in [-0.4, -0.2) is 20.0 Å². The lowest BCUT2D eigenvalue weighted by molar-refractivity contribution is -0.385. The highest BCUT2D eigenvalue weighted by Crippen LogP contribution is 2.30. The summed E-state index contributed by atoms with van der Waals surface area (Å²) in [4.78, 5) is 18.7. The van der Waals surface area contributed by atoms with Crippen LogP contribution in [0, 0.1) is 15.9 Å². The van der Waals surface area contributed by atoms with Crippen molar-refractivity contribution in [2.75, 3.05) is 5.32 Å². The van der Waals surface area contributed by atoms with Crippen molar-refractivity contribution in [1.82, 2.24) is 9.97 Å². The molecule has 7 nitrogen and oxygen atoms in total. The van der Waals surface area contributed by atoms with Gasteiger partial charge in [-0.15, -0.1) is 0 Å². The van der Waals surface area contributed by atoms with Gasteiger partial charge >= 0.3 is 0 Å². The predicted molar refractivity (Wildman–Crippen MR) is 86.8 cm³/mol. The van der Waals surface area contributed by atoms with Gasteiger partial charge in [-0.2, -0.15) is 0 Å². The van der Waals surface area contributed by atoms with Crippen LogP contribution >= 0.6 is 11.6 Å². The predicted octanol–water partition coefficient (Wildman–Crippen LogP) is 3.57. The second-order valence-corrected chi connectivity index (χ2v) is 5.30. The molecule has 9 heteroatoms. The van der Waals surface area contributed by atoms with E-state index in [1.807, 2.05) is 0 Å². The van der Waals surface area contributed by atoms with Crippen molar-refractivity contribution in [1.29, 1.82) is 0 Å². The van der Waals surface area contributed by atoms with Crippen molar-refractivity contribution >= 4 is 39.7 Å². The summed E-state index contributed by atoms with van der Waals surface area (Å²) in [6.07, 6.45) is 1.28. The Hall–Kier alpha value is -2.84. The Labute approximate surface area is 139 Å². The van der Waals surface area contributed by atoms with Crippen LogP contribution in [0.1, 0.15) is 5.56 Å². The molecule has 2 N–H and O–H groups in total. The second kappa shape index (κ2) is 6.34. The fourth-order valence-corrected chi connectivity index (χ4v) is 2.42. The minimum absolute atomic E-state index is 0.0630. The maximum Gasteiger partial charge on any atom is 0.275 e. The molecule has 1 heterocycles. The van der Waals surface area contributed by atoms with E-state index in [-0.39, 0.29) is 16.3 Å². The molecule has 122 valence electrons. The largest absolute Gasteiger partial charge is 0.391 e. The maximum absolute atomic E-state index is 13.2. The van der Waals surface area contributed by atoms with E-state index < -0.39 is 17.3 Å². The van der Waals surface area contributed by atoms with Crippen LogP contribution in [-0.2, 0) is 6.61 Å². The van der Waals surface area contributed by atoms with E-state index in [0.717, 1.165) is 0 Å². The standard InChI is InChI=1S/C15H10ClFN4O3/c16-11-4-9(1-2-12(11)17)20-15-10-5-14(21(23)24)8(6-22)3-13(10)18-7-19-15/h1-5,7,22H,6H2,(H,18,19,20). The number of rotatable bonds is 4. The van der Waals surface area contributed by atoms with Gasteiger partial charge in [0, 0.05) is 17.1 Å². The number of nitrogens with one attached hydrogen (secondary N) is 1. The number of aliphatic hydroxyl groups excluding tert-OH is 1. The topological polar surface area (TPSA) is 101 Å². The number of aromatic nitrogens is 2. The Morgan fingerprint density at radius 3 is 2.75 bits per heavy atom. The number of nitro groups is 1.